The van der Waals surface area contributed by atoms with Crippen LogP contribution in [0.2, 0.25) is 0 Å². The van der Waals surface area contributed by atoms with Gasteiger partial charge in [-0.1, -0.05) is 0 Å². The normalized spacial score (nSPS) is 10.5. The summed E-state index contributed by atoms with van der Waals surface area (Å²) >= 11 is 0. The molecule has 0 spiro atoms. The fourth-order valence-corrected chi connectivity index (χ4v) is 2.08. The molecule has 8 nitrogen and oxygen atoms in total. The number of primary amides is 1. The number of carbonyl (C=O) groups is 1. The van der Waals surface area contributed by atoms with E-state index in [0.29, 0.717) is 28.0 Å². The van der Waals surface area contributed by atoms with Gasteiger partial charge in [-0.05, 0) is 6.07 Å². The van der Waals surface area contributed by atoms with E-state index in [1.54, 1.807) is 23.9 Å². The summed E-state index contributed by atoms with van der Waals surface area (Å²) in [4.78, 5) is 19.9. The number of fused-ring (bicyclic) bond motifs is 1. The van der Waals surface area contributed by atoms with E-state index in [-0.39, 0.29) is 12.5 Å². The third-order valence-corrected chi connectivity index (χ3v) is 3.02. The van der Waals surface area contributed by atoms with Crippen molar-refractivity contribution in [3.05, 3.63) is 23.5 Å². The minimum absolute atomic E-state index is 0.0591. The van der Waals surface area contributed by atoms with Gasteiger partial charge in [0.1, 0.15) is 11.4 Å². The monoisotopic (exact) mass is 276 g/mol. The van der Waals surface area contributed by atoms with Crippen molar-refractivity contribution in [1.82, 2.24) is 9.55 Å². The average Bonchev–Trinajstić information content (AvgIpc) is 2.68. The number of nitrogens with two attached hydrogens (primary N) is 3. The molecule has 0 bridgehead atoms. The van der Waals surface area contributed by atoms with Crippen LogP contribution >= 0.6 is 0 Å². The van der Waals surface area contributed by atoms with Crippen molar-refractivity contribution in [2.45, 2.75) is 6.54 Å². The number of guanidine groups is 1. The predicted molar refractivity (Wildman–Crippen MR) is 75.3 cm³/mol. The number of methoxy groups -OCH3 is 1. The lowest BCUT2D eigenvalue weighted by atomic mass is 10.1. The maximum atomic E-state index is 11.7. The Kier molecular flexibility index (Phi) is 3.47. The standard InChI is InChI=1S/C12H16N6O2/c1-18-8(5-17-12(14)15)9(10(13)19)7-3-6(20-2)4-16-11(7)18/h3-4H,5H2,1-2H3,(H2,13,19)(H4,14,15,17). The van der Waals surface area contributed by atoms with Gasteiger partial charge in [0.15, 0.2) is 5.96 Å². The molecule has 1 amide bonds. The summed E-state index contributed by atoms with van der Waals surface area (Å²) in [5.74, 6) is -0.0818. The third kappa shape index (κ3) is 2.22. The zero-order valence-electron chi connectivity index (χ0n) is 11.3. The van der Waals surface area contributed by atoms with Crippen LogP contribution in [0.1, 0.15) is 16.1 Å². The third-order valence-electron chi connectivity index (χ3n) is 3.02. The average molecular weight is 276 g/mol. The van der Waals surface area contributed by atoms with Crippen LogP contribution in [0.4, 0.5) is 0 Å². The molecule has 0 unspecified atom stereocenters. The number of aliphatic imine (C=N–C) groups is 1. The molecule has 6 N–H and O–H groups in total. The van der Waals surface area contributed by atoms with Crippen LogP contribution < -0.4 is 21.9 Å². The van der Waals surface area contributed by atoms with Gasteiger partial charge in [0.05, 0.1) is 31.1 Å². The molecule has 0 aromatic carbocycles. The summed E-state index contributed by atoms with van der Waals surface area (Å²) in [5.41, 5.74) is 17.7. The van der Waals surface area contributed by atoms with Crippen molar-refractivity contribution < 1.29 is 9.53 Å². The molecule has 0 aliphatic carbocycles. The number of rotatable bonds is 4. The van der Waals surface area contributed by atoms with Gasteiger partial charge in [-0.2, -0.15) is 0 Å². The van der Waals surface area contributed by atoms with Gasteiger partial charge in [0, 0.05) is 12.4 Å². The molecule has 0 aliphatic rings. The Bertz CT molecular complexity index is 700. The molecule has 2 rings (SSSR count). The van der Waals surface area contributed by atoms with E-state index >= 15 is 0 Å². The zero-order chi connectivity index (χ0) is 14.9. The minimum Gasteiger partial charge on any atom is -0.495 e. The fraction of sp³-hybridized carbons (Fsp3) is 0.250. The first-order valence-electron chi connectivity index (χ1n) is 5.82. The summed E-state index contributed by atoms with van der Waals surface area (Å²) in [6.07, 6.45) is 1.57. The van der Waals surface area contributed by atoms with Gasteiger partial charge in [-0.15, -0.1) is 0 Å². The smallest absolute Gasteiger partial charge is 0.251 e. The summed E-state index contributed by atoms with van der Waals surface area (Å²) in [5, 5.41) is 0.611. The lowest BCUT2D eigenvalue weighted by molar-refractivity contribution is 0.100. The number of amides is 1. The molecule has 0 aliphatic heterocycles. The molecular weight excluding hydrogens is 260 g/mol. The van der Waals surface area contributed by atoms with Gasteiger partial charge in [0.25, 0.3) is 5.91 Å². The highest BCUT2D eigenvalue weighted by atomic mass is 16.5. The molecule has 20 heavy (non-hydrogen) atoms. The van der Waals surface area contributed by atoms with Crippen LogP contribution in [-0.4, -0.2) is 28.5 Å². The van der Waals surface area contributed by atoms with Crippen molar-refractivity contribution in [2.24, 2.45) is 29.2 Å². The molecule has 0 radical (unpaired) electrons. The number of aryl methyl sites for hydroxylation is 1. The van der Waals surface area contributed by atoms with Crippen LogP contribution in [0, 0.1) is 0 Å². The van der Waals surface area contributed by atoms with Gasteiger partial charge < -0.3 is 26.5 Å². The van der Waals surface area contributed by atoms with Gasteiger partial charge in [0.2, 0.25) is 0 Å². The van der Waals surface area contributed by atoms with E-state index in [2.05, 4.69) is 9.98 Å². The van der Waals surface area contributed by atoms with Gasteiger partial charge in [-0.3, -0.25) is 4.79 Å². The summed E-state index contributed by atoms with van der Waals surface area (Å²) in [6.45, 7) is 0.149. The quantitative estimate of drug-likeness (QED) is 0.509. The Morgan fingerprint density at radius 2 is 2.15 bits per heavy atom. The number of carbonyl (C=O) groups excluding carboxylic acids is 1. The van der Waals surface area contributed by atoms with E-state index in [0.717, 1.165) is 0 Å². The molecule has 8 heteroatoms. The summed E-state index contributed by atoms with van der Waals surface area (Å²) in [6, 6.07) is 1.71. The van der Waals surface area contributed by atoms with Crippen molar-refractivity contribution in [3.8, 4) is 5.75 Å². The Morgan fingerprint density at radius 3 is 2.70 bits per heavy atom. The zero-order valence-corrected chi connectivity index (χ0v) is 11.3. The van der Waals surface area contributed by atoms with Gasteiger partial charge in [-0.25, -0.2) is 9.98 Å². The lowest BCUT2D eigenvalue weighted by Gasteiger charge is -2.02. The number of aromatic nitrogens is 2. The number of pyridine rings is 1. The maximum Gasteiger partial charge on any atom is 0.251 e. The van der Waals surface area contributed by atoms with Crippen LogP contribution in [0.5, 0.6) is 5.75 Å². The van der Waals surface area contributed by atoms with Crippen LogP contribution in [0.3, 0.4) is 0 Å². The first-order valence-corrected chi connectivity index (χ1v) is 5.82. The summed E-state index contributed by atoms with van der Waals surface area (Å²) < 4.78 is 6.85. The lowest BCUT2D eigenvalue weighted by Crippen LogP contribution is -2.23. The second-order valence-electron chi connectivity index (χ2n) is 4.23. The number of hydrogen-bond donors (Lipinski definition) is 3. The number of ether oxygens (including phenoxy) is 1. The largest absolute Gasteiger partial charge is 0.495 e. The van der Waals surface area contributed by atoms with Crippen LogP contribution in [0.15, 0.2) is 17.3 Å². The van der Waals surface area contributed by atoms with E-state index in [1.807, 2.05) is 0 Å². The molecule has 0 saturated carbocycles. The van der Waals surface area contributed by atoms with E-state index in [1.165, 1.54) is 7.11 Å². The molecule has 2 aromatic heterocycles. The molecule has 106 valence electrons. The van der Waals surface area contributed by atoms with Crippen molar-refractivity contribution in [2.75, 3.05) is 7.11 Å². The highest BCUT2D eigenvalue weighted by Crippen LogP contribution is 2.27. The number of nitrogens with zero attached hydrogens (tertiary/aromatic N) is 3. The Balaban J connectivity index is 2.72. The molecule has 0 fully saturated rings. The number of hydrogen-bond acceptors (Lipinski definition) is 4. The first-order chi connectivity index (χ1) is 9.45. The van der Waals surface area contributed by atoms with Crippen molar-refractivity contribution in [3.63, 3.8) is 0 Å². The van der Waals surface area contributed by atoms with Crippen LogP contribution in [-0.2, 0) is 13.6 Å². The molecule has 0 saturated heterocycles. The topological polar surface area (TPSA) is 135 Å². The van der Waals surface area contributed by atoms with Crippen LogP contribution in [0.25, 0.3) is 11.0 Å². The molecule has 0 atom stereocenters. The van der Waals surface area contributed by atoms with E-state index in [9.17, 15) is 4.79 Å². The summed E-state index contributed by atoms with van der Waals surface area (Å²) in [7, 11) is 3.29. The van der Waals surface area contributed by atoms with Crippen molar-refractivity contribution >= 4 is 22.9 Å². The minimum atomic E-state index is -0.563. The SMILES string of the molecule is COc1cnc2c(c1)c(C(N)=O)c(CN=C(N)N)n2C. The van der Waals surface area contributed by atoms with Crippen molar-refractivity contribution in [1.29, 1.82) is 0 Å². The Hall–Kier alpha value is -2.77. The molecule has 2 aromatic rings. The van der Waals surface area contributed by atoms with E-state index < -0.39 is 5.91 Å². The Morgan fingerprint density at radius 1 is 1.45 bits per heavy atom. The molecule has 2 heterocycles. The van der Waals surface area contributed by atoms with E-state index in [4.69, 9.17) is 21.9 Å². The van der Waals surface area contributed by atoms with Gasteiger partial charge >= 0.3 is 0 Å². The predicted octanol–water partition coefficient (Wildman–Crippen LogP) is -0.546. The Labute approximate surface area is 115 Å². The second kappa shape index (κ2) is 5.08. The first kappa shape index (κ1) is 13.7. The second-order valence-corrected chi connectivity index (χ2v) is 4.23. The highest BCUT2D eigenvalue weighted by molar-refractivity contribution is 6.07. The highest BCUT2D eigenvalue weighted by Gasteiger charge is 2.20. The maximum absolute atomic E-state index is 11.7. The fourth-order valence-electron chi connectivity index (χ4n) is 2.08. The molecular formula is C12H16N6O2.